The summed E-state index contributed by atoms with van der Waals surface area (Å²) in [7, 11) is 0. The Balaban J connectivity index is 2.21. The molecule has 0 bridgehead atoms. The molecule has 0 atom stereocenters. The minimum Gasteiger partial charge on any atom is -0.295 e. The smallest absolute Gasteiger partial charge is 0.280 e. The maximum Gasteiger partial charge on any atom is 0.280 e. The first-order valence-electron chi connectivity index (χ1n) is 8.15. The number of aryl methyl sites for hydroxylation is 3. The van der Waals surface area contributed by atoms with Gasteiger partial charge in [0.15, 0.2) is 0 Å². The highest BCUT2D eigenvalue weighted by Gasteiger charge is 2.11. The molecule has 0 aliphatic carbocycles. The van der Waals surface area contributed by atoms with Gasteiger partial charge >= 0.3 is 0 Å². The maximum absolute atomic E-state index is 12.6. The second kappa shape index (κ2) is 7.77. The second-order valence-corrected chi connectivity index (χ2v) is 5.96. The van der Waals surface area contributed by atoms with Crippen LogP contribution in [0.2, 0.25) is 0 Å². The van der Waals surface area contributed by atoms with Crippen LogP contribution in [0.5, 0.6) is 0 Å². The van der Waals surface area contributed by atoms with E-state index in [9.17, 15) is 9.59 Å². The van der Waals surface area contributed by atoms with Crippen LogP contribution in [0.25, 0.3) is 5.69 Å². The van der Waals surface area contributed by atoms with Gasteiger partial charge in [-0.1, -0.05) is 19.4 Å². The molecule has 0 saturated heterocycles. The molecule has 0 radical (unpaired) electrons. The second-order valence-electron chi connectivity index (χ2n) is 5.96. The molecule has 1 aromatic carbocycles. The lowest BCUT2D eigenvalue weighted by atomic mass is 10.1. The van der Waals surface area contributed by atoms with Crippen molar-refractivity contribution in [2.45, 2.75) is 47.0 Å². The number of rotatable bonds is 6. The number of hydrogen-bond donors (Lipinski definition) is 2. The minimum atomic E-state index is -0.192. The zero-order valence-corrected chi connectivity index (χ0v) is 14.6. The summed E-state index contributed by atoms with van der Waals surface area (Å²) in [6.45, 7) is 7.86. The number of amides is 1. The number of hydrazone groups is 1. The molecule has 0 spiro atoms. The third kappa shape index (κ3) is 4.01. The highest BCUT2D eigenvalue weighted by atomic mass is 16.2. The number of benzene rings is 1. The fourth-order valence-corrected chi connectivity index (χ4v) is 2.32. The molecule has 1 aromatic heterocycles. The van der Waals surface area contributed by atoms with E-state index in [2.05, 4.69) is 15.6 Å². The summed E-state index contributed by atoms with van der Waals surface area (Å²) in [5, 5.41) is 6.95. The van der Waals surface area contributed by atoms with Crippen LogP contribution >= 0.6 is 0 Å². The van der Waals surface area contributed by atoms with Crippen molar-refractivity contribution < 1.29 is 4.79 Å². The number of nitrogens with one attached hydrogen (secondary N) is 2. The molecule has 6 heteroatoms. The molecule has 2 aromatic rings. The van der Waals surface area contributed by atoms with Gasteiger partial charge < -0.3 is 0 Å². The van der Waals surface area contributed by atoms with Gasteiger partial charge in [0.2, 0.25) is 5.91 Å². The van der Waals surface area contributed by atoms with Crippen molar-refractivity contribution in [3.05, 3.63) is 50.9 Å². The van der Waals surface area contributed by atoms with Crippen molar-refractivity contribution >= 4 is 12.1 Å². The van der Waals surface area contributed by atoms with E-state index in [-0.39, 0.29) is 11.5 Å². The quantitative estimate of drug-likeness (QED) is 0.631. The normalized spacial score (nSPS) is 11.2. The predicted molar refractivity (Wildman–Crippen MR) is 95.9 cm³/mol. The third-order valence-electron chi connectivity index (χ3n) is 4.01. The van der Waals surface area contributed by atoms with E-state index in [1.165, 1.54) is 16.5 Å². The zero-order chi connectivity index (χ0) is 17.7. The highest BCUT2D eigenvalue weighted by molar-refractivity contribution is 5.83. The Bertz CT molecular complexity index is 815. The highest BCUT2D eigenvalue weighted by Crippen LogP contribution is 2.12. The van der Waals surface area contributed by atoms with Crippen LogP contribution in [-0.2, 0) is 4.79 Å². The van der Waals surface area contributed by atoms with Crippen molar-refractivity contribution in [3.63, 3.8) is 0 Å². The molecule has 128 valence electrons. The Hall–Kier alpha value is -2.63. The summed E-state index contributed by atoms with van der Waals surface area (Å²) in [6, 6.07) is 5.84. The van der Waals surface area contributed by atoms with Gasteiger partial charge in [-0.3, -0.25) is 14.7 Å². The van der Waals surface area contributed by atoms with Crippen LogP contribution < -0.4 is 11.0 Å². The van der Waals surface area contributed by atoms with Gasteiger partial charge in [0.25, 0.3) is 5.56 Å². The van der Waals surface area contributed by atoms with Gasteiger partial charge in [-0.05, 0) is 50.5 Å². The van der Waals surface area contributed by atoms with Crippen LogP contribution in [0.3, 0.4) is 0 Å². The monoisotopic (exact) mass is 328 g/mol. The van der Waals surface area contributed by atoms with E-state index in [0.717, 1.165) is 24.1 Å². The number of nitrogens with zero attached hydrogens (tertiary/aromatic N) is 2. The lowest BCUT2D eigenvalue weighted by Gasteiger charge is -2.05. The summed E-state index contributed by atoms with van der Waals surface area (Å²) in [5.41, 5.74) is 6.46. The fraction of sp³-hybridized carbons (Fsp3) is 0.389. The van der Waals surface area contributed by atoms with Crippen molar-refractivity contribution in [1.82, 2.24) is 15.2 Å². The molecular formula is C18H24N4O2. The lowest BCUT2D eigenvalue weighted by Crippen LogP contribution is -2.20. The third-order valence-corrected chi connectivity index (χ3v) is 4.01. The first kappa shape index (κ1) is 17.7. The fourth-order valence-electron chi connectivity index (χ4n) is 2.32. The number of H-pyrrole nitrogens is 1. The number of carbonyl (C=O) groups is 1. The standard InChI is InChI=1S/C18H24N4O2/c1-5-6-7-17(23)20-19-11-16-14(4)21-22(18(16)24)15-9-8-12(2)13(3)10-15/h8-11,21H,5-7H2,1-4H3,(H,20,23). The number of aromatic nitrogens is 2. The predicted octanol–water partition coefficient (Wildman–Crippen LogP) is 2.73. The maximum atomic E-state index is 12.6. The summed E-state index contributed by atoms with van der Waals surface area (Å²) < 4.78 is 1.49. The Morgan fingerprint density at radius 3 is 2.71 bits per heavy atom. The van der Waals surface area contributed by atoms with Crippen LogP contribution in [0.4, 0.5) is 0 Å². The molecule has 2 N–H and O–H groups in total. The van der Waals surface area contributed by atoms with Crippen molar-refractivity contribution in [1.29, 1.82) is 0 Å². The Kier molecular flexibility index (Phi) is 5.73. The average Bonchev–Trinajstić information content (AvgIpc) is 2.83. The number of aromatic amines is 1. The van der Waals surface area contributed by atoms with Crippen LogP contribution in [-0.4, -0.2) is 21.9 Å². The van der Waals surface area contributed by atoms with E-state index < -0.39 is 0 Å². The zero-order valence-electron chi connectivity index (χ0n) is 14.6. The molecule has 0 aliphatic rings. The summed E-state index contributed by atoms with van der Waals surface area (Å²) in [5.74, 6) is -0.143. The van der Waals surface area contributed by atoms with Crippen molar-refractivity contribution in [3.8, 4) is 5.69 Å². The number of carbonyl (C=O) groups excluding carboxylic acids is 1. The summed E-state index contributed by atoms with van der Waals surface area (Å²) >= 11 is 0. The van der Waals surface area contributed by atoms with Crippen LogP contribution in [0, 0.1) is 20.8 Å². The molecule has 0 aliphatic heterocycles. The van der Waals surface area contributed by atoms with E-state index in [1.807, 2.05) is 39.0 Å². The molecule has 2 rings (SSSR count). The van der Waals surface area contributed by atoms with Gasteiger partial charge in [0.1, 0.15) is 0 Å². The molecule has 0 fully saturated rings. The van der Waals surface area contributed by atoms with Crippen LogP contribution in [0.15, 0.2) is 28.1 Å². The topological polar surface area (TPSA) is 79.2 Å². The average molecular weight is 328 g/mol. The van der Waals surface area contributed by atoms with E-state index in [1.54, 1.807) is 6.92 Å². The van der Waals surface area contributed by atoms with E-state index >= 15 is 0 Å². The molecule has 0 saturated carbocycles. The van der Waals surface area contributed by atoms with Crippen molar-refractivity contribution in [2.24, 2.45) is 5.10 Å². The molecule has 1 heterocycles. The lowest BCUT2D eigenvalue weighted by molar-refractivity contribution is -0.121. The van der Waals surface area contributed by atoms with Gasteiger partial charge in [0.05, 0.1) is 17.5 Å². The van der Waals surface area contributed by atoms with E-state index in [0.29, 0.717) is 17.7 Å². The van der Waals surface area contributed by atoms with Gasteiger partial charge in [0, 0.05) is 12.1 Å². The first-order chi connectivity index (χ1) is 11.4. The molecule has 0 unspecified atom stereocenters. The summed E-state index contributed by atoms with van der Waals surface area (Å²) in [4.78, 5) is 24.1. The number of unbranched alkanes of at least 4 members (excludes halogenated alkanes) is 1. The van der Waals surface area contributed by atoms with Crippen LogP contribution in [0.1, 0.15) is 48.6 Å². The Morgan fingerprint density at radius 1 is 1.29 bits per heavy atom. The Morgan fingerprint density at radius 2 is 2.04 bits per heavy atom. The van der Waals surface area contributed by atoms with Crippen molar-refractivity contribution in [2.75, 3.05) is 0 Å². The van der Waals surface area contributed by atoms with E-state index in [4.69, 9.17) is 0 Å². The first-order valence-corrected chi connectivity index (χ1v) is 8.15. The number of hydrogen-bond acceptors (Lipinski definition) is 3. The minimum absolute atomic E-state index is 0.143. The molecule has 24 heavy (non-hydrogen) atoms. The Labute approximate surface area is 141 Å². The largest absolute Gasteiger partial charge is 0.295 e. The summed E-state index contributed by atoms with van der Waals surface area (Å²) in [6.07, 6.45) is 3.61. The van der Waals surface area contributed by atoms with Gasteiger partial charge in [-0.15, -0.1) is 0 Å². The van der Waals surface area contributed by atoms with Gasteiger partial charge in [-0.25, -0.2) is 10.1 Å². The molecule has 1 amide bonds. The SMILES string of the molecule is CCCCC(=O)NN=Cc1c(C)[nH]n(-c2ccc(C)c(C)c2)c1=O. The molecule has 6 nitrogen and oxygen atoms in total. The molecular weight excluding hydrogens is 304 g/mol. The van der Waals surface area contributed by atoms with Gasteiger partial charge in [-0.2, -0.15) is 5.10 Å².